The Labute approximate surface area is 448 Å². The van der Waals surface area contributed by atoms with Crippen LogP contribution < -0.4 is 21.7 Å². The first-order chi connectivity index (χ1) is 37.6. The lowest BCUT2D eigenvalue weighted by Crippen LogP contribution is -2.41. The summed E-state index contributed by atoms with van der Waals surface area (Å²) < 4.78 is 54.8. The fourth-order valence-corrected chi connectivity index (χ4v) is 6.73. The number of hydroxylamine groups is 2. The van der Waals surface area contributed by atoms with Crippen LogP contribution in [-0.2, 0) is 82.7 Å². The number of hydrogen-bond donors (Lipinski definition) is 4. The van der Waals surface area contributed by atoms with Crippen molar-refractivity contribution in [1.82, 2.24) is 30.6 Å². The van der Waals surface area contributed by atoms with Crippen molar-refractivity contribution in [2.24, 2.45) is 10.7 Å². The third kappa shape index (κ3) is 27.1. The molecular formula is C51H75N9O17. The zero-order valence-electron chi connectivity index (χ0n) is 44.2. The van der Waals surface area contributed by atoms with Gasteiger partial charge in [-0.2, -0.15) is 0 Å². The predicted octanol–water partition coefficient (Wildman–Crippen LogP) is 0.908. The molecule has 0 atom stereocenters. The number of fused-ring (bicyclic) bond motifs is 1. The summed E-state index contributed by atoms with van der Waals surface area (Å²) in [5, 5.41) is 9.50. The van der Waals surface area contributed by atoms with E-state index in [1.807, 2.05) is 6.92 Å². The van der Waals surface area contributed by atoms with Crippen LogP contribution in [-0.4, -0.2) is 220 Å². The van der Waals surface area contributed by atoms with E-state index in [4.69, 9.17) is 57.9 Å². The highest BCUT2D eigenvalue weighted by Crippen LogP contribution is 2.28. The number of ether oxygens (including phenoxy) is 10. The monoisotopic (exact) mass is 1090 g/mol. The van der Waals surface area contributed by atoms with Crippen LogP contribution >= 0.6 is 0 Å². The molecule has 2 aliphatic rings. The molecule has 6 amide bonds. The van der Waals surface area contributed by atoms with E-state index in [0.717, 1.165) is 17.1 Å². The molecule has 26 nitrogen and oxygen atoms in total. The van der Waals surface area contributed by atoms with E-state index in [0.29, 0.717) is 167 Å². The van der Waals surface area contributed by atoms with Gasteiger partial charge in [0.15, 0.2) is 0 Å². The molecule has 0 saturated heterocycles. The van der Waals surface area contributed by atoms with Crippen LogP contribution in [0.3, 0.4) is 0 Å². The third-order valence-electron chi connectivity index (χ3n) is 10.5. The molecule has 2 aliphatic heterocycles. The number of rotatable bonds is 44. The summed E-state index contributed by atoms with van der Waals surface area (Å²) in [5.41, 5.74) is 8.66. The van der Waals surface area contributed by atoms with E-state index >= 15 is 0 Å². The quantitative estimate of drug-likeness (QED) is 0.0407. The molecule has 2 aromatic rings. The number of aromatic nitrogens is 2. The van der Waals surface area contributed by atoms with Gasteiger partial charge in [-0.25, -0.2) is 10.1 Å². The van der Waals surface area contributed by atoms with Gasteiger partial charge in [0.1, 0.15) is 18.1 Å². The summed E-state index contributed by atoms with van der Waals surface area (Å²) in [6.07, 6.45) is 9.44. The number of nitrogens with two attached hydrogens (primary N) is 1. The number of imide groups is 1. The van der Waals surface area contributed by atoms with Crippen LogP contribution in [0.1, 0.15) is 54.7 Å². The summed E-state index contributed by atoms with van der Waals surface area (Å²) in [5.74, 6) is -2.26. The van der Waals surface area contributed by atoms with Gasteiger partial charge in [0.05, 0.1) is 156 Å². The first-order valence-corrected chi connectivity index (χ1v) is 25.7. The van der Waals surface area contributed by atoms with E-state index in [2.05, 4.69) is 30.9 Å². The number of anilines is 1. The van der Waals surface area contributed by atoms with E-state index in [9.17, 15) is 28.8 Å². The zero-order chi connectivity index (χ0) is 55.1. The number of hydrogen-bond acceptors (Lipinski definition) is 21. The molecule has 0 aromatic carbocycles. The summed E-state index contributed by atoms with van der Waals surface area (Å²) in [4.78, 5) is 92.9. The van der Waals surface area contributed by atoms with Gasteiger partial charge >= 0.3 is 0 Å². The first kappa shape index (κ1) is 63.4. The molecular weight excluding hydrogens is 1010 g/mol. The number of aliphatic imine (C=N–C) groups is 1. The smallest absolute Gasteiger partial charge is 0.274 e. The van der Waals surface area contributed by atoms with E-state index in [-0.39, 0.29) is 69.0 Å². The van der Waals surface area contributed by atoms with Gasteiger partial charge < -0.3 is 69.1 Å². The number of carbonyl (C=O) groups is 6. The normalized spacial score (nSPS) is 13.0. The molecule has 0 spiro atoms. The van der Waals surface area contributed by atoms with Gasteiger partial charge in [-0.05, 0) is 37.1 Å². The van der Waals surface area contributed by atoms with E-state index in [1.165, 1.54) is 23.5 Å². The van der Waals surface area contributed by atoms with Crippen molar-refractivity contribution in [3.63, 3.8) is 0 Å². The second-order valence-corrected chi connectivity index (χ2v) is 16.5. The first-order valence-electron chi connectivity index (χ1n) is 25.7. The molecule has 77 heavy (non-hydrogen) atoms. The highest BCUT2D eigenvalue weighted by atomic mass is 16.7. The maximum atomic E-state index is 13.2. The topological polar surface area (TPSA) is 311 Å². The van der Waals surface area contributed by atoms with Crippen molar-refractivity contribution >= 4 is 58.7 Å². The van der Waals surface area contributed by atoms with Crippen molar-refractivity contribution in [1.29, 1.82) is 0 Å². The summed E-state index contributed by atoms with van der Waals surface area (Å²) in [6.45, 7) is 12.4. The van der Waals surface area contributed by atoms with Crippen molar-refractivity contribution in [2.45, 2.75) is 39.7 Å². The van der Waals surface area contributed by atoms with E-state index < -0.39 is 23.6 Å². The molecule has 0 saturated carbocycles. The lowest BCUT2D eigenvalue weighted by Gasteiger charge is -2.21. The van der Waals surface area contributed by atoms with Gasteiger partial charge in [0, 0.05) is 68.2 Å². The molecule has 0 radical (unpaired) electrons. The van der Waals surface area contributed by atoms with Crippen molar-refractivity contribution in [2.75, 3.05) is 164 Å². The molecule has 0 fully saturated rings. The number of pyridine rings is 2. The molecule has 5 N–H and O–H groups in total. The molecule has 2 aromatic heterocycles. The standard InChI is InChI=1S/C51H75N9O17/c1-3-9-60(77-4-2)51(66)40-31-41-36-55-44(33-43(41)58-45(52)32-40)50(65)57-42-30-39(34-53-37-42)35-56-46(61)7-10-67-12-14-69-16-18-71-20-22-73-24-26-75-28-29-76-27-25-74-23-21-72-19-17-70-15-13-68-11-8-54-47(62)38-59-48(63)5-6-49(59)64/h5-6,30-31,33-34,36-37H,3-4,7-29,32,35,38H2,1-2H3,(H2,52,58)(H,54,62)(H,56,61)(H,57,65). The highest BCUT2D eigenvalue weighted by molar-refractivity contribution is 6.14. The van der Waals surface area contributed by atoms with Gasteiger partial charge in [-0.3, -0.25) is 48.5 Å². The fraction of sp³-hybridized carbons (Fsp3) is 0.588. The molecule has 0 aliphatic carbocycles. The van der Waals surface area contributed by atoms with Crippen LogP contribution in [0, 0.1) is 0 Å². The minimum Gasteiger partial charge on any atom is -0.387 e. The Hall–Kier alpha value is -6.17. The van der Waals surface area contributed by atoms with Gasteiger partial charge in [-0.15, -0.1) is 0 Å². The van der Waals surface area contributed by atoms with Crippen LogP contribution in [0.25, 0.3) is 6.08 Å². The van der Waals surface area contributed by atoms with E-state index in [1.54, 1.807) is 25.3 Å². The average molecular weight is 1090 g/mol. The van der Waals surface area contributed by atoms with Gasteiger partial charge in [0.25, 0.3) is 23.6 Å². The lowest BCUT2D eigenvalue weighted by atomic mass is 10.1. The van der Waals surface area contributed by atoms with Crippen LogP contribution in [0.2, 0.25) is 0 Å². The summed E-state index contributed by atoms with van der Waals surface area (Å²) >= 11 is 0. The van der Waals surface area contributed by atoms with Gasteiger partial charge in [0.2, 0.25) is 11.8 Å². The van der Waals surface area contributed by atoms with Crippen molar-refractivity contribution < 1.29 is 81.0 Å². The zero-order valence-corrected chi connectivity index (χ0v) is 44.2. The van der Waals surface area contributed by atoms with Gasteiger partial charge in [-0.1, -0.05) is 6.92 Å². The maximum Gasteiger partial charge on any atom is 0.274 e. The SMILES string of the molecule is CCCN(OCC)C(=O)C1=Cc2cnc(C(=O)Nc3cncc(CNC(=O)CCOCCOCCOCCOCCOCCOCCOCCOCCOCCOCCNC(=O)CN4C(=O)C=CC4=O)c3)cc2N=C(N)C1. The molecule has 26 heteroatoms. The Bertz CT molecular complexity index is 2190. The predicted molar refractivity (Wildman–Crippen MR) is 277 cm³/mol. The Morgan fingerprint density at radius 2 is 1.17 bits per heavy atom. The van der Waals surface area contributed by atoms with Crippen LogP contribution in [0.5, 0.6) is 0 Å². The highest BCUT2D eigenvalue weighted by Gasteiger charge is 2.26. The Kier molecular flexibility index (Phi) is 32.3. The van der Waals surface area contributed by atoms with Crippen LogP contribution in [0.15, 0.2) is 53.4 Å². The fourth-order valence-electron chi connectivity index (χ4n) is 6.73. The average Bonchev–Trinajstić information content (AvgIpc) is 3.62. The lowest BCUT2D eigenvalue weighted by molar-refractivity contribution is -0.180. The third-order valence-corrected chi connectivity index (χ3v) is 10.5. The molecule has 0 bridgehead atoms. The Balaban J connectivity index is 0.864. The maximum absolute atomic E-state index is 13.2. The second kappa shape index (κ2) is 39.2. The minimum atomic E-state index is -0.505. The van der Waals surface area contributed by atoms with Crippen molar-refractivity contribution in [3.8, 4) is 0 Å². The number of amides is 6. The summed E-state index contributed by atoms with van der Waals surface area (Å²) in [7, 11) is 0. The minimum absolute atomic E-state index is 0.0846. The number of carbonyl (C=O) groups excluding carboxylic acids is 6. The summed E-state index contributed by atoms with van der Waals surface area (Å²) in [6, 6.07) is 3.20. The number of amidine groups is 1. The Morgan fingerprint density at radius 3 is 1.69 bits per heavy atom. The Morgan fingerprint density at radius 1 is 0.649 bits per heavy atom. The second-order valence-electron chi connectivity index (χ2n) is 16.5. The molecule has 4 heterocycles. The molecule has 0 unspecified atom stereocenters. The van der Waals surface area contributed by atoms with Crippen LogP contribution in [0.4, 0.5) is 11.4 Å². The largest absolute Gasteiger partial charge is 0.387 e. The van der Waals surface area contributed by atoms with Crippen molar-refractivity contribution in [3.05, 3.63) is 65.3 Å². The number of nitrogens with zero attached hydrogens (tertiary/aromatic N) is 5. The molecule has 4 rings (SSSR count). The number of nitrogens with one attached hydrogen (secondary N) is 3. The molecule has 426 valence electrons.